The number of ether oxygens (including phenoxy) is 2. The molecular formula is C45H84NO10P. The number of carboxylic acid groups (broad SMARTS) is 1. The van der Waals surface area contributed by atoms with Gasteiger partial charge >= 0.3 is 25.7 Å². The zero-order valence-corrected chi connectivity index (χ0v) is 37.1. The van der Waals surface area contributed by atoms with Gasteiger partial charge in [-0.2, -0.15) is 0 Å². The quantitative estimate of drug-likeness (QED) is 0.0231. The number of esters is 2. The van der Waals surface area contributed by atoms with Crippen molar-refractivity contribution in [1.29, 1.82) is 0 Å². The van der Waals surface area contributed by atoms with Crippen LogP contribution in [0.5, 0.6) is 0 Å². The van der Waals surface area contributed by atoms with Crippen molar-refractivity contribution in [3.8, 4) is 0 Å². The molecule has 0 rings (SSSR count). The molecule has 12 heteroatoms. The fourth-order valence-electron chi connectivity index (χ4n) is 6.33. The summed E-state index contributed by atoms with van der Waals surface area (Å²) in [7, 11) is -4.72. The maximum Gasteiger partial charge on any atom is 0.472 e. The highest BCUT2D eigenvalue weighted by Crippen LogP contribution is 2.43. The largest absolute Gasteiger partial charge is 0.480 e. The number of carboxylic acids is 1. The Hall–Kier alpha value is -2.04. The van der Waals surface area contributed by atoms with Gasteiger partial charge in [-0.1, -0.05) is 179 Å². The van der Waals surface area contributed by atoms with Gasteiger partial charge in [0.15, 0.2) is 6.10 Å². The molecule has 0 aromatic rings. The Labute approximate surface area is 347 Å². The Morgan fingerprint density at radius 1 is 0.544 bits per heavy atom. The number of rotatable bonds is 43. The second-order valence-corrected chi connectivity index (χ2v) is 17.0. The van der Waals surface area contributed by atoms with Crippen molar-refractivity contribution < 1.29 is 47.5 Å². The van der Waals surface area contributed by atoms with E-state index >= 15 is 0 Å². The molecule has 0 spiro atoms. The second-order valence-electron chi connectivity index (χ2n) is 15.5. The SMILES string of the molecule is CCCCC/C=C\C/C=C\CCCCCCCC(=O)O[C@H](COC(=O)CCCCCCCCCCCCCCCCCCCC)COP(=O)(O)OC[C@H](N)C(=O)O. The number of aliphatic carboxylic acids is 1. The smallest absolute Gasteiger partial charge is 0.472 e. The van der Waals surface area contributed by atoms with Gasteiger partial charge in [0.2, 0.25) is 0 Å². The molecule has 0 fully saturated rings. The standard InChI is InChI=1S/C45H84NO10P/c1-3-5-7-9-11-13-15-17-19-20-21-23-24-26-28-30-32-34-36-43(47)53-38-41(39-54-57(51,52)55-40-42(46)45(49)50)56-44(48)37-35-33-31-29-27-25-22-18-16-14-12-10-8-6-4-2/h12,14,18,22,41-42H,3-11,13,15-17,19-21,23-40,46H2,1-2H3,(H,49,50)(H,51,52)/b14-12-,22-18-/t41-,42+/m1/s1. The predicted molar refractivity (Wildman–Crippen MR) is 231 cm³/mol. The van der Waals surface area contributed by atoms with Crippen LogP contribution < -0.4 is 5.73 Å². The fraction of sp³-hybridized carbons (Fsp3) is 0.844. The molecule has 0 bridgehead atoms. The van der Waals surface area contributed by atoms with E-state index in [1.807, 2.05) is 0 Å². The summed E-state index contributed by atoms with van der Waals surface area (Å²) in [4.78, 5) is 46.0. The minimum atomic E-state index is -4.72. The van der Waals surface area contributed by atoms with Crippen molar-refractivity contribution in [3.05, 3.63) is 24.3 Å². The third kappa shape index (κ3) is 40.5. The van der Waals surface area contributed by atoms with Gasteiger partial charge in [-0.05, 0) is 44.9 Å². The van der Waals surface area contributed by atoms with Crippen molar-refractivity contribution in [3.63, 3.8) is 0 Å². The van der Waals surface area contributed by atoms with Crippen molar-refractivity contribution in [1.82, 2.24) is 0 Å². The van der Waals surface area contributed by atoms with Crippen LogP contribution >= 0.6 is 7.82 Å². The number of carbonyl (C=O) groups is 3. The van der Waals surface area contributed by atoms with Crippen LogP contribution in [0.1, 0.15) is 213 Å². The first-order valence-electron chi connectivity index (χ1n) is 22.9. The average Bonchev–Trinajstić information content (AvgIpc) is 3.19. The third-order valence-electron chi connectivity index (χ3n) is 9.95. The molecule has 334 valence electrons. The van der Waals surface area contributed by atoms with Gasteiger partial charge in [0, 0.05) is 12.8 Å². The predicted octanol–water partition coefficient (Wildman–Crippen LogP) is 12.2. The molecule has 0 aromatic carbocycles. The van der Waals surface area contributed by atoms with Gasteiger partial charge in [0.05, 0.1) is 13.2 Å². The maximum absolute atomic E-state index is 12.6. The Morgan fingerprint density at radius 2 is 0.930 bits per heavy atom. The molecule has 0 radical (unpaired) electrons. The molecule has 0 heterocycles. The van der Waals surface area contributed by atoms with Gasteiger partial charge in [-0.15, -0.1) is 0 Å². The van der Waals surface area contributed by atoms with Crippen LogP contribution in [0.2, 0.25) is 0 Å². The summed E-state index contributed by atoms with van der Waals surface area (Å²) in [6.07, 6.45) is 42.4. The Bertz CT molecular complexity index is 1070. The highest BCUT2D eigenvalue weighted by Gasteiger charge is 2.28. The molecule has 4 N–H and O–H groups in total. The van der Waals surface area contributed by atoms with E-state index in [9.17, 15) is 23.8 Å². The highest BCUT2D eigenvalue weighted by molar-refractivity contribution is 7.47. The van der Waals surface area contributed by atoms with E-state index in [2.05, 4.69) is 42.7 Å². The third-order valence-corrected chi connectivity index (χ3v) is 10.9. The lowest BCUT2D eigenvalue weighted by atomic mass is 10.0. The summed E-state index contributed by atoms with van der Waals surface area (Å²) in [5.41, 5.74) is 5.34. The minimum Gasteiger partial charge on any atom is -0.480 e. The lowest BCUT2D eigenvalue weighted by Gasteiger charge is -2.20. The number of carbonyl (C=O) groups excluding carboxylic acids is 2. The molecule has 0 aliphatic carbocycles. The average molecular weight is 830 g/mol. The minimum absolute atomic E-state index is 0.148. The zero-order chi connectivity index (χ0) is 42.1. The highest BCUT2D eigenvalue weighted by atomic mass is 31.2. The number of hydrogen-bond donors (Lipinski definition) is 3. The molecule has 0 aliphatic heterocycles. The van der Waals surface area contributed by atoms with Crippen molar-refractivity contribution in [2.45, 2.75) is 225 Å². The Balaban J connectivity index is 4.31. The second kappa shape index (κ2) is 40.7. The van der Waals surface area contributed by atoms with E-state index < -0.39 is 51.1 Å². The van der Waals surface area contributed by atoms with Gasteiger partial charge in [0.1, 0.15) is 12.6 Å². The fourth-order valence-corrected chi connectivity index (χ4v) is 7.11. The van der Waals surface area contributed by atoms with Crippen molar-refractivity contribution in [2.75, 3.05) is 19.8 Å². The Morgan fingerprint density at radius 3 is 1.40 bits per heavy atom. The van der Waals surface area contributed by atoms with Crippen LogP contribution in [-0.4, -0.2) is 59.9 Å². The van der Waals surface area contributed by atoms with Gasteiger partial charge in [0.25, 0.3) is 0 Å². The summed E-state index contributed by atoms with van der Waals surface area (Å²) >= 11 is 0. The van der Waals surface area contributed by atoms with E-state index in [1.165, 1.54) is 109 Å². The maximum atomic E-state index is 12.6. The first-order chi connectivity index (χ1) is 27.6. The molecule has 0 aromatic heterocycles. The zero-order valence-electron chi connectivity index (χ0n) is 36.2. The first kappa shape index (κ1) is 55.0. The first-order valence-corrected chi connectivity index (χ1v) is 24.4. The molecule has 57 heavy (non-hydrogen) atoms. The normalized spacial score (nSPS) is 13.9. The van der Waals surface area contributed by atoms with Crippen LogP contribution in [0.15, 0.2) is 24.3 Å². The number of phosphoric ester groups is 1. The van der Waals surface area contributed by atoms with Crippen molar-refractivity contribution in [2.24, 2.45) is 5.73 Å². The van der Waals surface area contributed by atoms with Crippen molar-refractivity contribution >= 4 is 25.7 Å². The molecular weight excluding hydrogens is 745 g/mol. The van der Waals surface area contributed by atoms with Gasteiger partial charge < -0.3 is 25.2 Å². The monoisotopic (exact) mass is 830 g/mol. The van der Waals surface area contributed by atoms with Gasteiger partial charge in [-0.25, -0.2) is 4.57 Å². The topological polar surface area (TPSA) is 172 Å². The summed E-state index contributed by atoms with van der Waals surface area (Å²) < 4.78 is 32.7. The van der Waals surface area contributed by atoms with Crippen LogP contribution in [0.4, 0.5) is 0 Å². The number of allylic oxidation sites excluding steroid dienone is 4. The lowest BCUT2D eigenvalue weighted by Crippen LogP contribution is -2.34. The van der Waals surface area contributed by atoms with Crippen LogP contribution in [0.25, 0.3) is 0 Å². The summed E-state index contributed by atoms with van der Waals surface area (Å²) in [5.74, 6) is -2.38. The van der Waals surface area contributed by atoms with E-state index in [4.69, 9.17) is 24.8 Å². The lowest BCUT2D eigenvalue weighted by molar-refractivity contribution is -0.161. The number of nitrogens with two attached hydrogens (primary N) is 1. The molecule has 1 unspecified atom stereocenters. The Kier molecular flexibility index (Phi) is 39.3. The number of unbranched alkanes of at least 4 members (excludes halogenated alkanes) is 25. The van der Waals surface area contributed by atoms with E-state index in [1.54, 1.807) is 0 Å². The van der Waals surface area contributed by atoms with E-state index in [0.29, 0.717) is 12.8 Å². The summed E-state index contributed by atoms with van der Waals surface area (Å²) in [6.45, 7) is 2.79. The molecule has 11 nitrogen and oxygen atoms in total. The van der Waals surface area contributed by atoms with Crippen LogP contribution in [0, 0.1) is 0 Å². The molecule has 0 saturated heterocycles. The van der Waals surface area contributed by atoms with E-state index in [-0.39, 0.29) is 19.4 Å². The van der Waals surface area contributed by atoms with Crippen LogP contribution in [-0.2, 0) is 37.5 Å². The number of phosphoric acid groups is 1. The summed E-state index contributed by atoms with van der Waals surface area (Å²) in [6, 6.07) is -1.52. The number of hydrogen-bond acceptors (Lipinski definition) is 9. The molecule has 0 saturated carbocycles. The molecule has 3 atom stereocenters. The molecule has 0 amide bonds. The van der Waals surface area contributed by atoms with Gasteiger partial charge in [-0.3, -0.25) is 23.4 Å². The van der Waals surface area contributed by atoms with E-state index in [0.717, 1.165) is 64.2 Å². The summed E-state index contributed by atoms with van der Waals surface area (Å²) in [5, 5.41) is 8.89. The molecule has 0 aliphatic rings. The van der Waals surface area contributed by atoms with Crippen LogP contribution in [0.3, 0.4) is 0 Å².